The van der Waals surface area contributed by atoms with Crippen molar-refractivity contribution in [3.05, 3.63) is 11.2 Å². The summed E-state index contributed by atoms with van der Waals surface area (Å²) in [6.45, 7) is 1.55. The van der Waals surface area contributed by atoms with Gasteiger partial charge in [0.15, 0.2) is 5.82 Å². The maximum absolute atomic E-state index is 5.94. The van der Waals surface area contributed by atoms with E-state index in [0.717, 1.165) is 26.1 Å². The van der Waals surface area contributed by atoms with Gasteiger partial charge in [0.1, 0.15) is 5.02 Å². The number of hydrogen-bond donors (Lipinski definition) is 2. The molecule has 0 radical (unpaired) electrons. The Bertz CT molecular complexity index is 341. The van der Waals surface area contributed by atoms with Crippen LogP contribution in [0.25, 0.3) is 0 Å². The molecule has 0 bridgehead atoms. The highest BCUT2D eigenvalue weighted by Crippen LogP contribution is 2.21. The maximum Gasteiger partial charge on any atom is 0.222 e. The zero-order chi connectivity index (χ0) is 10.7. The monoisotopic (exact) mass is 228 g/mol. The number of nitrogens with two attached hydrogens (primary N) is 1. The maximum atomic E-state index is 5.94. The molecule has 0 aromatic carbocycles. The number of nitrogens with zero attached hydrogens (tertiary/aromatic N) is 2. The highest BCUT2D eigenvalue weighted by atomic mass is 35.5. The second-order valence-electron chi connectivity index (χ2n) is 3.46. The molecule has 0 amide bonds. The standard InChI is InChI=1S/C9H13ClN4O/c10-7-5-12-9(11)14-8(7)13-6-1-3-15-4-2-6/h5-6H,1-4H2,(H3,11,12,13,14). The fraction of sp³-hybridized carbons (Fsp3) is 0.556. The summed E-state index contributed by atoms with van der Waals surface area (Å²) >= 11 is 5.94. The summed E-state index contributed by atoms with van der Waals surface area (Å²) < 4.78 is 5.26. The molecule has 6 heteroatoms. The van der Waals surface area contributed by atoms with Crippen molar-refractivity contribution in [2.24, 2.45) is 0 Å². The van der Waals surface area contributed by atoms with E-state index in [0.29, 0.717) is 16.9 Å². The third-order valence-corrected chi connectivity index (χ3v) is 2.60. The van der Waals surface area contributed by atoms with Crippen molar-refractivity contribution in [1.82, 2.24) is 9.97 Å². The Labute approximate surface area is 93.0 Å². The fourth-order valence-corrected chi connectivity index (χ4v) is 1.66. The van der Waals surface area contributed by atoms with Gasteiger partial charge in [0.25, 0.3) is 0 Å². The van der Waals surface area contributed by atoms with Crippen LogP contribution in [0.3, 0.4) is 0 Å². The normalized spacial score (nSPS) is 17.7. The Balaban J connectivity index is 2.05. The first kappa shape index (κ1) is 10.4. The van der Waals surface area contributed by atoms with Gasteiger partial charge in [-0.15, -0.1) is 0 Å². The molecule has 1 aliphatic heterocycles. The number of nitrogen functional groups attached to an aromatic ring is 1. The second kappa shape index (κ2) is 4.63. The first-order valence-electron chi connectivity index (χ1n) is 4.88. The van der Waals surface area contributed by atoms with E-state index in [-0.39, 0.29) is 5.95 Å². The summed E-state index contributed by atoms with van der Waals surface area (Å²) in [7, 11) is 0. The Morgan fingerprint density at radius 3 is 2.93 bits per heavy atom. The molecule has 3 N–H and O–H groups in total. The molecule has 0 spiro atoms. The van der Waals surface area contributed by atoms with Crippen molar-refractivity contribution in [3.63, 3.8) is 0 Å². The van der Waals surface area contributed by atoms with Crippen LogP contribution in [0.4, 0.5) is 11.8 Å². The third kappa shape index (κ3) is 2.70. The summed E-state index contributed by atoms with van der Waals surface area (Å²) in [4.78, 5) is 7.85. The fourth-order valence-electron chi connectivity index (χ4n) is 1.52. The van der Waals surface area contributed by atoms with Gasteiger partial charge >= 0.3 is 0 Å². The van der Waals surface area contributed by atoms with Gasteiger partial charge in [-0.3, -0.25) is 0 Å². The van der Waals surface area contributed by atoms with Gasteiger partial charge in [-0.25, -0.2) is 4.98 Å². The minimum absolute atomic E-state index is 0.231. The van der Waals surface area contributed by atoms with Crippen molar-refractivity contribution in [2.75, 3.05) is 24.3 Å². The molecular formula is C9H13ClN4O. The van der Waals surface area contributed by atoms with Crippen LogP contribution in [-0.2, 0) is 4.74 Å². The molecule has 2 heterocycles. The summed E-state index contributed by atoms with van der Waals surface area (Å²) in [5.41, 5.74) is 5.49. The largest absolute Gasteiger partial charge is 0.381 e. The van der Waals surface area contributed by atoms with Crippen LogP contribution < -0.4 is 11.1 Å². The molecule has 5 nitrogen and oxygen atoms in total. The smallest absolute Gasteiger partial charge is 0.222 e. The number of aromatic nitrogens is 2. The zero-order valence-corrected chi connectivity index (χ0v) is 9.00. The molecular weight excluding hydrogens is 216 g/mol. The summed E-state index contributed by atoms with van der Waals surface area (Å²) in [5, 5.41) is 3.74. The van der Waals surface area contributed by atoms with Crippen molar-refractivity contribution >= 4 is 23.4 Å². The minimum Gasteiger partial charge on any atom is -0.381 e. The lowest BCUT2D eigenvalue weighted by molar-refractivity contribution is 0.0904. The van der Waals surface area contributed by atoms with E-state index in [1.54, 1.807) is 0 Å². The quantitative estimate of drug-likeness (QED) is 0.798. The number of ether oxygens (including phenoxy) is 1. The molecule has 82 valence electrons. The molecule has 15 heavy (non-hydrogen) atoms. The molecule has 1 fully saturated rings. The van der Waals surface area contributed by atoms with Crippen molar-refractivity contribution < 1.29 is 4.74 Å². The van der Waals surface area contributed by atoms with Crippen LogP contribution in [0.5, 0.6) is 0 Å². The van der Waals surface area contributed by atoms with E-state index < -0.39 is 0 Å². The lowest BCUT2D eigenvalue weighted by atomic mass is 10.1. The third-order valence-electron chi connectivity index (χ3n) is 2.32. The molecule has 0 saturated carbocycles. The van der Waals surface area contributed by atoms with Gasteiger partial charge in [-0.2, -0.15) is 4.98 Å². The Morgan fingerprint density at radius 2 is 2.20 bits per heavy atom. The first-order valence-corrected chi connectivity index (χ1v) is 5.26. The van der Waals surface area contributed by atoms with Crippen LogP contribution in [0.2, 0.25) is 5.02 Å². The SMILES string of the molecule is Nc1ncc(Cl)c(NC2CCOCC2)n1. The Hall–Kier alpha value is -1.07. The second-order valence-corrected chi connectivity index (χ2v) is 3.86. The lowest BCUT2D eigenvalue weighted by Gasteiger charge is -2.23. The van der Waals surface area contributed by atoms with Gasteiger partial charge in [-0.05, 0) is 12.8 Å². The van der Waals surface area contributed by atoms with Crippen LogP contribution in [0, 0.1) is 0 Å². The van der Waals surface area contributed by atoms with Gasteiger partial charge in [-0.1, -0.05) is 11.6 Å². The van der Waals surface area contributed by atoms with Crippen molar-refractivity contribution in [2.45, 2.75) is 18.9 Å². The van der Waals surface area contributed by atoms with Crippen molar-refractivity contribution in [1.29, 1.82) is 0 Å². The van der Waals surface area contributed by atoms with Gasteiger partial charge in [0.05, 0.1) is 6.20 Å². The molecule has 1 aromatic heterocycles. The minimum atomic E-state index is 0.231. The first-order chi connectivity index (χ1) is 7.25. The number of rotatable bonds is 2. The van der Waals surface area contributed by atoms with Gasteiger partial charge in [0.2, 0.25) is 5.95 Å². The topological polar surface area (TPSA) is 73.1 Å². The average molecular weight is 229 g/mol. The Morgan fingerprint density at radius 1 is 1.47 bits per heavy atom. The van der Waals surface area contributed by atoms with Crippen molar-refractivity contribution in [3.8, 4) is 0 Å². The highest BCUT2D eigenvalue weighted by Gasteiger charge is 2.15. The van der Waals surface area contributed by atoms with Crippen LogP contribution in [-0.4, -0.2) is 29.2 Å². The van der Waals surface area contributed by atoms with E-state index in [1.165, 1.54) is 6.20 Å². The number of hydrogen-bond acceptors (Lipinski definition) is 5. The van der Waals surface area contributed by atoms with E-state index in [2.05, 4.69) is 15.3 Å². The van der Waals surface area contributed by atoms with Crippen LogP contribution >= 0.6 is 11.6 Å². The van der Waals surface area contributed by atoms with E-state index in [9.17, 15) is 0 Å². The van der Waals surface area contributed by atoms with Crippen LogP contribution in [0.1, 0.15) is 12.8 Å². The van der Waals surface area contributed by atoms with Gasteiger partial charge < -0.3 is 15.8 Å². The predicted molar refractivity (Wildman–Crippen MR) is 58.9 cm³/mol. The summed E-state index contributed by atoms with van der Waals surface area (Å²) in [6, 6.07) is 0.352. The van der Waals surface area contributed by atoms with E-state index in [4.69, 9.17) is 22.1 Å². The number of halogens is 1. The number of anilines is 2. The molecule has 0 aliphatic carbocycles. The number of nitrogens with one attached hydrogen (secondary N) is 1. The molecule has 1 saturated heterocycles. The molecule has 1 aliphatic rings. The zero-order valence-electron chi connectivity index (χ0n) is 8.24. The summed E-state index contributed by atoms with van der Waals surface area (Å²) in [6.07, 6.45) is 3.42. The lowest BCUT2D eigenvalue weighted by Crippen LogP contribution is -2.28. The molecule has 2 rings (SSSR count). The van der Waals surface area contributed by atoms with E-state index in [1.807, 2.05) is 0 Å². The molecule has 0 unspecified atom stereocenters. The van der Waals surface area contributed by atoms with Crippen LogP contribution in [0.15, 0.2) is 6.20 Å². The van der Waals surface area contributed by atoms with E-state index >= 15 is 0 Å². The Kier molecular flexibility index (Phi) is 3.23. The molecule has 0 atom stereocenters. The summed E-state index contributed by atoms with van der Waals surface area (Å²) in [5.74, 6) is 0.838. The predicted octanol–water partition coefficient (Wildman–Crippen LogP) is 1.30. The van der Waals surface area contributed by atoms with Gasteiger partial charge in [0, 0.05) is 19.3 Å². The average Bonchev–Trinajstić information content (AvgIpc) is 2.25. The molecule has 1 aromatic rings. The highest BCUT2D eigenvalue weighted by molar-refractivity contribution is 6.32.